The molecular formula is C17H20N6O3. The summed E-state index contributed by atoms with van der Waals surface area (Å²) in [4.78, 5) is 26.2. The predicted octanol–water partition coefficient (Wildman–Crippen LogP) is 2.95. The first-order valence-electron chi connectivity index (χ1n) is 8.34. The Bertz CT molecular complexity index is 891. The number of rotatable bonds is 8. The lowest BCUT2D eigenvalue weighted by Gasteiger charge is -2.10. The Hall–Kier alpha value is -3.23. The van der Waals surface area contributed by atoms with E-state index in [-0.39, 0.29) is 5.69 Å². The SMILES string of the molecule is CC(C)CNc1nc(OCCc2ccc([N+](=O)[O-])cc2)c2[nH]cnc2n1. The summed E-state index contributed by atoms with van der Waals surface area (Å²) in [5, 5.41) is 13.9. The minimum absolute atomic E-state index is 0.0745. The minimum Gasteiger partial charge on any atom is -0.476 e. The van der Waals surface area contributed by atoms with Crippen LogP contribution in [0.5, 0.6) is 5.88 Å². The highest BCUT2D eigenvalue weighted by Gasteiger charge is 2.12. The molecule has 2 aromatic heterocycles. The number of hydrogen-bond donors (Lipinski definition) is 2. The molecule has 0 fully saturated rings. The molecule has 1 aromatic carbocycles. The van der Waals surface area contributed by atoms with E-state index in [1.54, 1.807) is 18.5 Å². The van der Waals surface area contributed by atoms with Gasteiger partial charge in [0.05, 0.1) is 17.9 Å². The second kappa shape index (κ2) is 7.77. The summed E-state index contributed by atoms with van der Waals surface area (Å²) < 4.78 is 5.81. The Labute approximate surface area is 150 Å². The van der Waals surface area contributed by atoms with Crippen molar-refractivity contribution >= 4 is 22.8 Å². The van der Waals surface area contributed by atoms with E-state index in [4.69, 9.17) is 4.74 Å². The van der Waals surface area contributed by atoms with E-state index in [0.717, 1.165) is 12.1 Å². The average Bonchev–Trinajstić information content (AvgIpc) is 3.09. The van der Waals surface area contributed by atoms with E-state index in [9.17, 15) is 10.1 Å². The van der Waals surface area contributed by atoms with E-state index in [2.05, 4.69) is 39.1 Å². The summed E-state index contributed by atoms with van der Waals surface area (Å²) >= 11 is 0. The summed E-state index contributed by atoms with van der Waals surface area (Å²) in [6.07, 6.45) is 2.15. The van der Waals surface area contributed by atoms with Gasteiger partial charge in [0.2, 0.25) is 11.8 Å². The molecular weight excluding hydrogens is 336 g/mol. The predicted molar refractivity (Wildman–Crippen MR) is 97.3 cm³/mol. The first-order chi connectivity index (χ1) is 12.5. The van der Waals surface area contributed by atoms with Gasteiger partial charge in [-0.25, -0.2) is 4.98 Å². The lowest BCUT2D eigenvalue weighted by Crippen LogP contribution is -2.12. The van der Waals surface area contributed by atoms with Crippen molar-refractivity contribution in [3.63, 3.8) is 0 Å². The number of nitro groups is 1. The Kier molecular flexibility index (Phi) is 5.26. The van der Waals surface area contributed by atoms with E-state index < -0.39 is 4.92 Å². The van der Waals surface area contributed by atoms with Crippen LogP contribution in [0.2, 0.25) is 0 Å². The van der Waals surface area contributed by atoms with Crippen molar-refractivity contribution in [3.8, 4) is 5.88 Å². The molecule has 3 aromatic rings. The Morgan fingerprint density at radius 3 is 2.73 bits per heavy atom. The molecule has 0 saturated heterocycles. The third-order valence-electron chi connectivity index (χ3n) is 3.70. The van der Waals surface area contributed by atoms with Gasteiger partial charge in [0.1, 0.15) is 5.52 Å². The lowest BCUT2D eigenvalue weighted by atomic mass is 10.1. The maximum atomic E-state index is 10.7. The first-order valence-corrected chi connectivity index (χ1v) is 8.34. The summed E-state index contributed by atoms with van der Waals surface area (Å²) in [5.41, 5.74) is 2.20. The number of anilines is 1. The number of aromatic nitrogens is 4. The van der Waals surface area contributed by atoms with Crippen LogP contribution >= 0.6 is 0 Å². The van der Waals surface area contributed by atoms with Crippen molar-refractivity contribution in [2.45, 2.75) is 20.3 Å². The monoisotopic (exact) mass is 356 g/mol. The molecule has 0 unspecified atom stereocenters. The lowest BCUT2D eigenvalue weighted by molar-refractivity contribution is -0.384. The molecule has 9 nitrogen and oxygen atoms in total. The van der Waals surface area contributed by atoms with Gasteiger partial charge in [-0.05, 0) is 11.5 Å². The van der Waals surface area contributed by atoms with Crippen LogP contribution in [0.3, 0.4) is 0 Å². The van der Waals surface area contributed by atoms with Crippen molar-refractivity contribution in [3.05, 3.63) is 46.3 Å². The molecule has 0 amide bonds. The summed E-state index contributed by atoms with van der Waals surface area (Å²) in [7, 11) is 0. The number of imidazole rings is 1. The van der Waals surface area contributed by atoms with E-state index in [1.807, 2.05) is 0 Å². The van der Waals surface area contributed by atoms with E-state index >= 15 is 0 Å². The average molecular weight is 356 g/mol. The molecule has 0 aliphatic heterocycles. The zero-order chi connectivity index (χ0) is 18.5. The van der Waals surface area contributed by atoms with Crippen molar-refractivity contribution in [2.24, 2.45) is 5.92 Å². The maximum absolute atomic E-state index is 10.7. The van der Waals surface area contributed by atoms with Gasteiger partial charge in [0.25, 0.3) is 5.69 Å². The number of nitrogens with one attached hydrogen (secondary N) is 2. The molecule has 0 bridgehead atoms. The van der Waals surface area contributed by atoms with Gasteiger partial charge in [0, 0.05) is 25.1 Å². The summed E-state index contributed by atoms with van der Waals surface area (Å²) in [5.74, 6) is 1.37. The van der Waals surface area contributed by atoms with Gasteiger partial charge in [-0.3, -0.25) is 10.1 Å². The number of benzene rings is 1. The number of nitro benzene ring substituents is 1. The van der Waals surface area contributed by atoms with Crippen LogP contribution in [0, 0.1) is 16.0 Å². The van der Waals surface area contributed by atoms with Crippen LogP contribution in [-0.4, -0.2) is 38.0 Å². The van der Waals surface area contributed by atoms with E-state index in [0.29, 0.717) is 41.9 Å². The molecule has 0 saturated carbocycles. The summed E-state index contributed by atoms with van der Waals surface area (Å²) in [6.45, 7) is 5.33. The smallest absolute Gasteiger partial charge is 0.269 e. The number of nitrogens with zero attached hydrogens (tertiary/aromatic N) is 4. The Balaban J connectivity index is 1.67. The molecule has 26 heavy (non-hydrogen) atoms. The third kappa shape index (κ3) is 4.24. The van der Waals surface area contributed by atoms with Gasteiger partial charge in [-0.2, -0.15) is 9.97 Å². The second-order valence-electron chi connectivity index (χ2n) is 6.25. The van der Waals surface area contributed by atoms with Gasteiger partial charge in [-0.1, -0.05) is 26.0 Å². The largest absolute Gasteiger partial charge is 0.476 e. The molecule has 0 radical (unpaired) electrons. The van der Waals surface area contributed by atoms with Crippen LogP contribution in [0.1, 0.15) is 19.4 Å². The topological polar surface area (TPSA) is 119 Å². The number of H-pyrrole nitrogens is 1. The number of non-ortho nitro benzene ring substituents is 1. The fourth-order valence-corrected chi connectivity index (χ4v) is 2.34. The van der Waals surface area contributed by atoms with Crippen LogP contribution < -0.4 is 10.1 Å². The van der Waals surface area contributed by atoms with Crippen molar-refractivity contribution in [2.75, 3.05) is 18.5 Å². The molecule has 0 spiro atoms. The van der Waals surface area contributed by atoms with Crippen LogP contribution in [-0.2, 0) is 6.42 Å². The highest BCUT2D eigenvalue weighted by atomic mass is 16.6. The first kappa shape index (κ1) is 17.6. The zero-order valence-electron chi connectivity index (χ0n) is 14.6. The van der Waals surface area contributed by atoms with Crippen LogP contribution in [0.25, 0.3) is 11.2 Å². The molecule has 136 valence electrons. The van der Waals surface area contributed by atoms with Crippen molar-refractivity contribution in [1.82, 2.24) is 19.9 Å². The molecule has 2 heterocycles. The fourth-order valence-electron chi connectivity index (χ4n) is 2.34. The van der Waals surface area contributed by atoms with Gasteiger partial charge in [-0.15, -0.1) is 0 Å². The third-order valence-corrected chi connectivity index (χ3v) is 3.70. The van der Waals surface area contributed by atoms with Crippen molar-refractivity contribution < 1.29 is 9.66 Å². The molecule has 9 heteroatoms. The Morgan fingerprint density at radius 2 is 2.04 bits per heavy atom. The number of hydrogen-bond acceptors (Lipinski definition) is 7. The summed E-state index contributed by atoms with van der Waals surface area (Å²) in [6, 6.07) is 6.42. The van der Waals surface area contributed by atoms with Gasteiger partial charge >= 0.3 is 0 Å². The molecule has 0 aliphatic carbocycles. The molecule has 0 atom stereocenters. The van der Waals surface area contributed by atoms with Gasteiger partial charge in [0.15, 0.2) is 5.65 Å². The fraction of sp³-hybridized carbons (Fsp3) is 0.353. The zero-order valence-corrected chi connectivity index (χ0v) is 14.6. The highest BCUT2D eigenvalue weighted by molar-refractivity contribution is 5.76. The number of ether oxygens (including phenoxy) is 1. The maximum Gasteiger partial charge on any atom is 0.269 e. The number of fused-ring (bicyclic) bond motifs is 1. The second-order valence-corrected chi connectivity index (χ2v) is 6.25. The normalized spacial score (nSPS) is 11.0. The molecule has 0 aliphatic rings. The highest BCUT2D eigenvalue weighted by Crippen LogP contribution is 2.21. The minimum atomic E-state index is -0.415. The van der Waals surface area contributed by atoms with Gasteiger partial charge < -0.3 is 15.0 Å². The van der Waals surface area contributed by atoms with E-state index in [1.165, 1.54) is 12.1 Å². The quantitative estimate of drug-likeness (QED) is 0.470. The molecule has 2 N–H and O–H groups in total. The number of aromatic amines is 1. The van der Waals surface area contributed by atoms with Crippen molar-refractivity contribution in [1.29, 1.82) is 0 Å². The molecule has 3 rings (SSSR count). The van der Waals surface area contributed by atoms with Crippen LogP contribution in [0.4, 0.5) is 11.6 Å². The Morgan fingerprint density at radius 1 is 1.27 bits per heavy atom. The standard InChI is InChI=1S/C17H20N6O3/c1-11(2)9-18-17-21-15-14(19-10-20-15)16(22-17)26-8-7-12-3-5-13(6-4-12)23(24)25/h3-6,10-11H,7-9H2,1-2H3,(H2,18,19,20,21,22). The van der Waals surface area contributed by atoms with Crippen LogP contribution in [0.15, 0.2) is 30.6 Å².